The highest BCUT2D eigenvalue weighted by Crippen LogP contribution is 2.43. The number of phosphoric ester groups is 1. The molecule has 0 aliphatic heterocycles. The van der Waals surface area contributed by atoms with Crippen molar-refractivity contribution in [1.29, 1.82) is 0 Å². The Hall–Kier alpha value is -1.55. The second kappa shape index (κ2) is 36.8. The van der Waals surface area contributed by atoms with Crippen molar-refractivity contribution in [2.45, 2.75) is 199 Å². The zero-order valence-corrected chi connectivity index (χ0v) is 36.9. The van der Waals surface area contributed by atoms with E-state index in [4.69, 9.17) is 18.5 Å². The number of hydrogen-bond acceptors (Lipinski definition) is 8. The zero-order valence-electron chi connectivity index (χ0n) is 36.0. The first-order valence-electron chi connectivity index (χ1n) is 22.1. The highest BCUT2D eigenvalue weighted by atomic mass is 31.2. The van der Waals surface area contributed by atoms with Gasteiger partial charge >= 0.3 is 19.8 Å². The Morgan fingerprint density at radius 2 is 1.09 bits per heavy atom. The van der Waals surface area contributed by atoms with Crippen LogP contribution in [0.4, 0.5) is 0 Å². The lowest BCUT2D eigenvalue weighted by Gasteiger charge is -2.24. The summed E-state index contributed by atoms with van der Waals surface area (Å²) in [6, 6.07) is 0. The molecule has 0 spiro atoms. The largest absolute Gasteiger partial charge is 0.472 e. The minimum Gasteiger partial charge on any atom is -0.462 e. The van der Waals surface area contributed by atoms with E-state index < -0.39 is 32.5 Å². The molecule has 0 aromatic rings. The van der Waals surface area contributed by atoms with Gasteiger partial charge in [-0.1, -0.05) is 134 Å². The van der Waals surface area contributed by atoms with Crippen molar-refractivity contribution in [2.75, 3.05) is 47.5 Å². The summed E-state index contributed by atoms with van der Waals surface area (Å²) in [5.41, 5.74) is 0. The van der Waals surface area contributed by atoms with Crippen molar-refractivity contribution >= 4 is 19.8 Å². The summed E-state index contributed by atoms with van der Waals surface area (Å²) in [4.78, 5) is 35.3. The highest BCUT2D eigenvalue weighted by molar-refractivity contribution is 7.47. The summed E-state index contributed by atoms with van der Waals surface area (Å²) < 4.78 is 34.2. The van der Waals surface area contributed by atoms with E-state index in [1.807, 2.05) is 21.1 Å². The van der Waals surface area contributed by atoms with Gasteiger partial charge in [-0.2, -0.15) is 0 Å². The molecular formula is C44H85NO9P+. The number of allylic oxidation sites excluding steroid dienone is 3. The first kappa shape index (κ1) is 53.5. The van der Waals surface area contributed by atoms with Crippen molar-refractivity contribution in [2.24, 2.45) is 0 Å². The topological polar surface area (TPSA) is 129 Å². The number of unbranched alkanes of at least 4 members (excludes halogenated alkanes) is 19. The number of carbonyl (C=O) groups is 2. The van der Waals surface area contributed by atoms with E-state index in [0.717, 1.165) is 83.5 Å². The van der Waals surface area contributed by atoms with Crippen LogP contribution in [-0.4, -0.2) is 86.1 Å². The summed E-state index contributed by atoms with van der Waals surface area (Å²) in [5.74, 6) is -0.852. The van der Waals surface area contributed by atoms with Gasteiger partial charge in [0.05, 0.1) is 33.9 Å². The fraction of sp³-hybridized carbons (Fsp3) is 0.864. The van der Waals surface area contributed by atoms with Crippen LogP contribution >= 0.6 is 7.82 Å². The molecule has 0 heterocycles. The first-order chi connectivity index (χ1) is 26.4. The normalized spacial score (nSPS) is 14.4. The summed E-state index contributed by atoms with van der Waals surface area (Å²) in [6.45, 7) is 4.28. The molecule has 0 radical (unpaired) electrons. The lowest BCUT2D eigenvalue weighted by molar-refractivity contribution is -0.870. The lowest BCUT2D eigenvalue weighted by Crippen LogP contribution is -2.37. The predicted molar refractivity (Wildman–Crippen MR) is 226 cm³/mol. The highest BCUT2D eigenvalue weighted by Gasteiger charge is 2.27. The molecule has 55 heavy (non-hydrogen) atoms. The summed E-state index contributed by atoms with van der Waals surface area (Å²) in [7, 11) is 1.44. The van der Waals surface area contributed by atoms with Gasteiger partial charge in [-0.25, -0.2) is 4.57 Å². The molecule has 0 amide bonds. The van der Waals surface area contributed by atoms with Crippen molar-refractivity contribution < 1.29 is 47.2 Å². The van der Waals surface area contributed by atoms with Crippen molar-refractivity contribution in [1.82, 2.24) is 0 Å². The van der Waals surface area contributed by atoms with Crippen LogP contribution in [0.5, 0.6) is 0 Å². The average molecular weight is 803 g/mol. The number of ether oxygens (including phenoxy) is 2. The van der Waals surface area contributed by atoms with Crippen molar-refractivity contribution in [3.05, 3.63) is 24.3 Å². The molecule has 10 nitrogen and oxygen atoms in total. The maximum absolute atomic E-state index is 12.7. The quantitative estimate of drug-likeness (QED) is 0.0204. The number of carbonyl (C=O) groups excluding carboxylic acids is 2. The third-order valence-corrected chi connectivity index (χ3v) is 10.5. The Labute approximate surface area is 337 Å². The molecule has 0 aliphatic carbocycles. The molecule has 0 aromatic heterocycles. The fourth-order valence-corrected chi connectivity index (χ4v) is 6.70. The van der Waals surface area contributed by atoms with Crippen molar-refractivity contribution in [3.8, 4) is 0 Å². The third-order valence-electron chi connectivity index (χ3n) is 9.53. The Kier molecular flexibility index (Phi) is 35.7. The van der Waals surface area contributed by atoms with E-state index in [-0.39, 0.29) is 32.2 Å². The van der Waals surface area contributed by atoms with E-state index >= 15 is 0 Å². The molecule has 324 valence electrons. The number of nitrogens with zero attached hydrogens (tertiary/aromatic N) is 1. The molecule has 2 N–H and O–H groups in total. The third kappa shape index (κ3) is 40.4. The number of hydrogen-bond donors (Lipinski definition) is 2. The Morgan fingerprint density at radius 3 is 1.64 bits per heavy atom. The maximum Gasteiger partial charge on any atom is 0.472 e. The van der Waals surface area contributed by atoms with Crippen LogP contribution in [0.1, 0.15) is 187 Å². The molecule has 3 atom stereocenters. The second-order valence-corrected chi connectivity index (χ2v) is 17.7. The number of aliphatic hydroxyl groups is 1. The molecule has 0 aromatic carbocycles. The van der Waals surface area contributed by atoms with Gasteiger partial charge < -0.3 is 24.0 Å². The monoisotopic (exact) mass is 803 g/mol. The summed E-state index contributed by atoms with van der Waals surface area (Å²) in [6.07, 6.45) is 35.3. The Morgan fingerprint density at radius 1 is 0.618 bits per heavy atom. The minimum atomic E-state index is -4.39. The number of aliphatic hydroxyl groups excluding tert-OH is 1. The maximum atomic E-state index is 12.7. The van der Waals surface area contributed by atoms with Gasteiger partial charge in [0.1, 0.15) is 19.8 Å². The molecule has 0 saturated heterocycles. The fourth-order valence-electron chi connectivity index (χ4n) is 5.96. The Balaban J connectivity index is 4.42. The number of esters is 2. The average Bonchev–Trinajstić information content (AvgIpc) is 3.13. The van der Waals surface area contributed by atoms with E-state index in [2.05, 4.69) is 38.2 Å². The van der Waals surface area contributed by atoms with Gasteiger partial charge in [0, 0.05) is 12.8 Å². The Bertz CT molecular complexity index is 1010. The molecule has 11 heteroatoms. The van der Waals surface area contributed by atoms with E-state index in [1.54, 1.807) is 0 Å². The number of phosphoric acid groups is 1. The van der Waals surface area contributed by atoms with Crippen LogP contribution in [0, 0.1) is 0 Å². The van der Waals surface area contributed by atoms with Crippen molar-refractivity contribution in [3.63, 3.8) is 0 Å². The standard InChI is InChI=1S/C44H84NO9P/c1-6-8-10-12-13-14-15-16-17-18-19-20-25-28-32-36-44(48)54-42(40-53-55(49,50)52-38-37-45(3,4)5)39-51-43(47)35-31-27-24-22-21-23-26-30-34-41(46)33-29-11-9-7-2/h16-17,26,30,41-42,46H,6-15,18-25,27-29,31-40H2,1-5H3/p+1/b17-16+,30-26+/t41-,42+/m1/s1. The van der Waals surface area contributed by atoms with Gasteiger partial charge in [0.2, 0.25) is 0 Å². The zero-order chi connectivity index (χ0) is 40.9. The SMILES string of the molecule is CCCCCCCC/C=C/CCCCCCCC(=O)O[C@@H](COC(=O)CCCCCCC/C=C/C[C@H](O)CCCCCC)COP(=O)(O)OCC[N+](C)(C)C. The van der Waals surface area contributed by atoms with Gasteiger partial charge in [-0.15, -0.1) is 0 Å². The summed E-state index contributed by atoms with van der Waals surface area (Å²) in [5, 5.41) is 10.1. The van der Waals surface area contributed by atoms with Crippen LogP contribution in [-0.2, 0) is 32.7 Å². The summed E-state index contributed by atoms with van der Waals surface area (Å²) >= 11 is 0. The minimum absolute atomic E-state index is 0.0201. The van der Waals surface area contributed by atoms with Crippen LogP contribution in [0.15, 0.2) is 24.3 Å². The molecular weight excluding hydrogens is 717 g/mol. The first-order valence-corrected chi connectivity index (χ1v) is 23.6. The number of rotatable bonds is 40. The second-order valence-electron chi connectivity index (χ2n) is 16.3. The van der Waals surface area contributed by atoms with Gasteiger partial charge in [0.15, 0.2) is 6.10 Å². The van der Waals surface area contributed by atoms with Crippen LogP contribution in [0.25, 0.3) is 0 Å². The van der Waals surface area contributed by atoms with E-state index in [0.29, 0.717) is 23.9 Å². The molecule has 0 rings (SSSR count). The van der Waals surface area contributed by atoms with Crippen LogP contribution in [0.3, 0.4) is 0 Å². The molecule has 1 unspecified atom stereocenters. The number of likely N-dealkylation sites (N-methyl/N-ethyl adjacent to an activating group) is 1. The molecule has 0 bridgehead atoms. The van der Waals surface area contributed by atoms with E-state index in [9.17, 15) is 24.2 Å². The lowest BCUT2D eigenvalue weighted by atomic mass is 10.1. The van der Waals surface area contributed by atoms with E-state index in [1.165, 1.54) is 64.2 Å². The van der Waals surface area contributed by atoms with Crippen LogP contribution < -0.4 is 0 Å². The van der Waals surface area contributed by atoms with Gasteiger partial charge in [-0.05, 0) is 64.2 Å². The van der Waals surface area contributed by atoms with Crippen LogP contribution in [0.2, 0.25) is 0 Å². The molecule has 0 saturated carbocycles. The smallest absolute Gasteiger partial charge is 0.462 e. The number of quaternary nitrogens is 1. The molecule has 0 aliphatic rings. The predicted octanol–water partition coefficient (Wildman–Crippen LogP) is 11.3. The molecule has 0 fully saturated rings. The van der Waals surface area contributed by atoms with Gasteiger partial charge in [-0.3, -0.25) is 18.6 Å². The van der Waals surface area contributed by atoms with Gasteiger partial charge in [0.25, 0.3) is 0 Å².